The lowest BCUT2D eigenvalue weighted by molar-refractivity contribution is -0.181. The number of ether oxygens (including phenoxy) is 2. The Bertz CT molecular complexity index is 438. The summed E-state index contributed by atoms with van der Waals surface area (Å²) in [5.74, 6) is 0.692. The molecule has 2 aliphatic rings. The zero-order valence-corrected chi connectivity index (χ0v) is 10.5. The Morgan fingerprint density at radius 2 is 1.89 bits per heavy atom. The second-order valence-corrected chi connectivity index (χ2v) is 4.81. The zero-order chi connectivity index (χ0) is 12.6. The fourth-order valence-electron chi connectivity index (χ4n) is 2.54. The van der Waals surface area contributed by atoms with Gasteiger partial charge in [0.15, 0.2) is 11.5 Å². The van der Waals surface area contributed by atoms with Crippen molar-refractivity contribution in [2.45, 2.75) is 25.6 Å². The van der Waals surface area contributed by atoms with E-state index in [1.54, 1.807) is 11.0 Å². The summed E-state index contributed by atoms with van der Waals surface area (Å²) in [6.07, 6.45) is 1.47. The van der Waals surface area contributed by atoms with Crippen molar-refractivity contribution in [3.8, 4) is 0 Å². The van der Waals surface area contributed by atoms with E-state index in [-0.39, 0.29) is 5.91 Å². The van der Waals surface area contributed by atoms with E-state index in [9.17, 15) is 4.79 Å². The molecule has 2 aliphatic heterocycles. The number of likely N-dealkylation sites (tertiary alicyclic amines) is 1. The third-order valence-corrected chi connectivity index (χ3v) is 3.58. The van der Waals surface area contributed by atoms with Crippen LogP contribution in [-0.2, 0) is 9.47 Å². The molecule has 0 aromatic carbocycles. The fourth-order valence-corrected chi connectivity index (χ4v) is 2.54. The standard InChI is InChI=1S/C13H17NO4/c1-10-2-3-11(18-10)12(15)14-6-4-13(5-7-14)16-8-9-17-13/h2-3H,4-9H2,1H3. The van der Waals surface area contributed by atoms with Crippen LogP contribution in [0.15, 0.2) is 16.5 Å². The van der Waals surface area contributed by atoms with Gasteiger partial charge in [0.2, 0.25) is 0 Å². The molecule has 2 fully saturated rings. The van der Waals surface area contributed by atoms with Crippen LogP contribution in [0.25, 0.3) is 0 Å². The molecule has 1 spiro atoms. The van der Waals surface area contributed by atoms with Crippen LogP contribution >= 0.6 is 0 Å². The summed E-state index contributed by atoms with van der Waals surface area (Å²) in [5.41, 5.74) is 0. The van der Waals surface area contributed by atoms with Gasteiger partial charge in [-0.05, 0) is 19.1 Å². The van der Waals surface area contributed by atoms with Crippen molar-refractivity contribution in [3.05, 3.63) is 23.7 Å². The smallest absolute Gasteiger partial charge is 0.289 e. The lowest BCUT2D eigenvalue weighted by Gasteiger charge is -2.37. The Morgan fingerprint density at radius 3 is 2.44 bits per heavy atom. The Labute approximate surface area is 106 Å². The molecule has 0 atom stereocenters. The van der Waals surface area contributed by atoms with Crippen molar-refractivity contribution in [3.63, 3.8) is 0 Å². The number of carbonyl (C=O) groups excluding carboxylic acids is 1. The molecule has 1 aromatic rings. The van der Waals surface area contributed by atoms with Gasteiger partial charge in [-0.3, -0.25) is 4.79 Å². The highest BCUT2D eigenvalue weighted by Crippen LogP contribution is 2.31. The van der Waals surface area contributed by atoms with Crippen LogP contribution in [0.4, 0.5) is 0 Å². The van der Waals surface area contributed by atoms with Crippen molar-refractivity contribution in [1.82, 2.24) is 4.90 Å². The maximum absolute atomic E-state index is 12.2. The number of amides is 1. The minimum Gasteiger partial charge on any atom is -0.456 e. The molecule has 0 radical (unpaired) electrons. The van der Waals surface area contributed by atoms with Crippen molar-refractivity contribution in [2.24, 2.45) is 0 Å². The van der Waals surface area contributed by atoms with Crippen LogP contribution in [-0.4, -0.2) is 42.9 Å². The highest BCUT2D eigenvalue weighted by molar-refractivity contribution is 5.91. The quantitative estimate of drug-likeness (QED) is 0.760. The third-order valence-electron chi connectivity index (χ3n) is 3.58. The number of nitrogens with zero attached hydrogens (tertiary/aromatic N) is 1. The first-order valence-electron chi connectivity index (χ1n) is 6.32. The van der Waals surface area contributed by atoms with Gasteiger partial charge in [-0.2, -0.15) is 0 Å². The maximum atomic E-state index is 12.2. The number of hydrogen-bond donors (Lipinski definition) is 0. The molecule has 18 heavy (non-hydrogen) atoms. The number of rotatable bonds is 1. The second kappa shape index (κ2) is 4.40. The summed E-state index contributed by atoms with van der Waals surface area (Å²) in [7, 11) is 0. The van der Waals surface area contributed by atoms with Crippen LogP contribution in [0.2, 0.25) is 0 Å². The van der Waals surface area contributed by atoms with Crippen LogP contribution in [0.3, 0.4) is 0 Å². The Balaban J connectivity index is 1.64. The highest BCUT2D eigenvalue weighted by atomic mass is 16.7. The van der Waals surface area contributed by atoms with Crippen LogP contribution in [0.5, 0.6) is 0 Å². The highest BCUT2D eigenvalue weighted by Gasteiger charge is 2.41. The summed E-state index contributed by atoms with van der Waals surface area (Å²) in [5, 5.41) is 0. The van der Waals surface area contributed by atoms with Gasteiger partial charge in [0.1, 0.15) is 5.76 Å². The fraction of sp³-hybridized carbons (Fsp3) is 0.615. The molecule has 1 amide bonds. The molecule has 3 heterocycles. The molecule has 2 saturated heterocycles. The van der Waals surface area contributed by atoms with E-state index in [4.69, 9.17) is 13.9 Å². The van der Waals surface area contributed by atoms with Crippen molar-refractivity contribution >= 4 is 5.91 Å². The van der Waals surface area contributed by atoms with E-state index in [1.165, 1.54) is 0 Å². The van der Waals surface area contributed by atoms with Gasteiger partial charge < -0.3 is 18.8 Å². The second-order valence-electron chi connectivity index (χ2n) is 4.81. The van der Waals surface area contributed by atoms with Crippen molar-refractivity contribution in [2.75, 3.05) is 26.3 Å². The van der Waals surface area contributed by atoms with Crippen molar-refractivity contribution < 1.29 is 18.7 Å². The first-order valence-corrected chi connectivity index (χ1v) is 6.32. The minimum absolute atomic E-state index is 0.0454. The summed E-state index contributed by atoms with van der Waals surface area (Å²) in [6.45, 7) is 4.45. The predicted molar refractivity (Wildman–Crippen MR) is 63.2 cm³/mol. The summed E-state index contributed by atoms with van der Waals surface area (Å²) >= 11 is 0. The minimum atomic E-state index is -0.435. The number of hydrogen-bond acceptors (Lipinski definition) is 4. The molecule has 0 unspecified atom stereocenters. The Hall–Kier alpha value is -1.33. The van der Waals surface area contributed by atoms with E-state index < -0.39 is 5.79 Å². The van der Waals surface area contributed by atoms with Gasteiger partial charge in [0, 0.05) is 25.9 Å². The van der Waals surface area contributed by atoms with Crippen LogP contribution < -0.4 is 0 Å². The van der Waals surface area contributed by atoms with E-state index in [0.717, 1.165) is 18.6 Å². The van der Waals surface area contributed by atoms with Crippen molar-refractivity contribution in [1.29, 1.82) is 0 Å². The first-order chi connectivity index (χ1) is 8.69. The maximum Gasteiger partial charge on any atom is 0.289 e. The molecular weight excluding hydrogens is 234 g/mol. The lowest BCUT2D eigenvalue weighted by atomic mass is 10.0. The van der Waals surface area contributed by atoms with Crippen LogP contribution in [0.1, 0.15) is 29.2 Å². The third kappa shape index (κ3) is 2.04. The van der Waals surface area contributed by atoms with Crippen LogP contribution in [0, 0.1) is 6.92 Å². The van der Waals surface area contributed by atoms with Gasteiger partial charge >= 0.3 is 0 Å². The van der Waals surface area contributed by atoms with E-state index in [2.05, 4.69) is 0 Å². The summed E-state index contributed by atoms with van der Waals surface area (Å²) in [6, 6.07) is 3.53. The first kappa shape index (κ1) is 11.7. The largest absolute Gasteiger partial charge is 0.456 e. The van der Waals surface area contributed by atoms with Gasteiger partial charge in [-0.25, -0.2) is 0 Å². The summed E-state index contributed by atoms with van der Waals surface area (Å²) in [4.78, 5) is 14.0. The monoisotopic (exact) mass is 251 g/mol. The molecular formula is C13H17NO4. The molecule has 0 saturated carbocycles. The zero-order valence-electron chi connectivity index (χ0n) is 10.5. The predicted octanol–water partition coefficient (Wildman–Crippen LogP) is 1.57. The summed E-state index contributed by atoms with van der Waals surface area (Å²) < 4.78 is 16.6. The van der Waals surface area contributed by atoms with Gasteiger partial charge in [-0.1, -0.05) is 0 Å². The SMILES string of the molecule is Cc1ccc(C(=O)N2CCC3(CC2)OCCO3)o1. The average molecular weight is 251 g/mol. The van der Waals surface area contributed by atoms with E-state index in [0.29, 0.717) is 32.1 Å². The Morgan fingerprint density at radius 1 is 1.22 bits per heavy atom. The molecule has 1 aromatic heterocycles. The number of furan rings is 1. The molecule has 0 aliphatic carbocycles. The molecule has 98 valence electrons. The van der Waals surface area contributed by atoms with Gasteiger partial charge in [-0.15, -0.1) is 0 Å². The number of aryl methyl sites for hydroxylation is 1. The van der Waals surface area contributed by atoms with E-state index >= 15 is 0 Å². The number of piperidine rings is 1. The number of carbonyl (C=O) groups is 1. The van der Waals surface area contributed by atoms with E-state index in [1.807, 2.05) is 13.0 Å². The lowest BCUT2D eigenvalue weighted by Crippen LogP contribution is -2.47. The molecule has 0 N–H and O–H groups in total. The van der Waals surface area contributed by atoms with Gasteiger partial charge in [0.05, 0.1) is 13.2 Å². The van der Waals surface area contributed by atoms with Gasteiger partial charge in [0.25, 0.3) is 5.91 Å². The molecule has 3 rings (SSSR count). The molecule has 5 heteroatoms. The molecule has 5 nitrogen and oxygen atoms in total. The molecule has 0 bridgehead atoms. The topological polar surface area (TPSA) is 51.9 Å². The average Bonchev–Trinajstić information content (AvgIpc) is 3.00. The normalized spacial score (nSPS) is 22.6. The Kier molecular flexibility index (Phi) is 2.87.